The molecule has 0 amide bonds. The van der Waals surface area contributed by atoms with Crippen molar-refractivity contribution in [2.45, 2.75) is 199 Å². The number of ketones is 1. The van der Waals surface area contributed by atoms with Crippen molar-refractivity contribution in [2.24, 2.45) is 41.4 Å². The summed E-state index contributed by atoms with van der Waals surface area (Å²) in [6.45, 7) is 19.6. The zero-order chi connectivity index (χ0) is 39.3. The number of rotatable bonds is 12. The minimum absolute atomic E-state index is 0.0137. The third-order valence-electron chi connectivity index (χ3n) is 14.4. The van der Waals surface area contributed by atoms with Gasteiger partial charge in [-0.15, -0.1) is 0 Å². The van der Waals surface area contributed by atoms with Crippen LogP contribution in [-0.2, 0) is 33.3 Å². The molecule has 0 saturated carbocycles. The van der Waals surface area contributed by atoms with Crippen LogP contribution in [0.25, 0.3) is 0 Å². The first-order chi connectivity index (χ1) is 24.8. The van der Waals surface area contributed by atoms with Crippen molar-refractivity contribution in [1.29, 1.82) is 0 Å². The number of aliphatic carboxylic acids is 1. The molecule has 0 bridgehead atoms. The maximum Gasteiger partial charge on any atom is 0.309 e. The molecule has 53 heavy (non-hydrogen) atoms. The maximum absolute atomic E-state index is 14.4. The van der Waals surface area contributed by atoms with E-state index in [1.807, 2.05) is 41.5 Å². The Morgan fingerprint density at radius 3 is 2.17 bits per heavy atom. The second kappa shape index (κ2) is 16.2. The molecule has 4 fully saturated rings. The van der Waals surface area contributed by atoms with Crippen LogP contribution in [0.1, 0.15) is 133 Å². The van der Waals surface area contributed by atoms with E-state index in [2.05, 4.69) is 20.8 Å². The first kappa shape index (κ1) is 42.7. The molecule has 5 heterocycles. The third-order valence-corrected chi connectivity index (χ3v) is 14.4. The number of hydrogen-bond donors (Lipinski definition) is 4. The molecular weight excluding hydrogens is 680 g/mol. The van der Waals surface area contributed by atoms with Gasteiger partial charge in [-0.1, -0.05) is 55.4 Å². The summed E-state index contributed by atoms with van der Waals surface area (Å²) >= 11 is 0. The maximum atomic E-state index is 14.4. The Bertz CT molecular complexity index is 1320. The van der Waals surface area contributed by atoms with Crippen molar-refractivity contribution in [2.75, 3.05) is 0 Å². The highest BCUT2D eigenvalue weighted by Gasteiger charge is 2.63. The Morgan fingerprint density at radius 2 is 1.57 bits per heavy atom. The van der Waals surface area contributed by atoms with Gasteiger partial charge in [-0.05, 0) is 95.6 Å². The van der Waals surface area contributed by atoms with Crippen molar-refractivity contribution >= 4 is 11.8 Å². The molecule has 0 aromatic carbocycles. The first-order valence-corrected chi connectivity index (χ1v) is 20.7. The fourth-order valence-corrected chi connectivity index (χ4v) is 10.5. The van der Waals surface area contributed by atoms with Gasteiger partial charge < -0.3 is 44.1 Å². The Labute approximate surface area is 317 Å². The smallest absolute Gasteiger partial charge is 0.309 e. The lowest BCUT2D eigenvalue weighted by Crippen LogP contribution is -2.63. The van der Waals surface area contributed by atoms with Gasteiger partial charge >= 0.3 is 5.97 Å². The highest BCUT2D eigenvalue weighted by atomic mass is 16.8. The first-order valence-electron chi connectivity index (χ1n) is 20.7. The summed E-state index contributed by atoms with van der Waals surface area (Å²) in [5.41, 5.74) is -1.63. The summed E-state index contributed by atoms with van der Waals surface area (Å²) in [7, 11) is 0. The molecule has 0 radical (unpaired) electrons. The van der Waals surface area contributed by atoms with Crippen molar-refractivity contribution in [3.8, 4) is 0 Å². The lowest BCUT2D eigenvalue weighted by Gasteiger charge is -2.54. The van der Waals surface area contributed by atoms with Gasteiger partial charge in [0.2, 0.25) is 5.79 Å². The van der Waals surface area contributed by atoms with Crippen LogP contribution in [0.2, 0.25) is 0 Å². The van der Waals surface area contributed by atoms with Crippen LogP contribution in [0.4, 0.5) is 0 Å². The van der Waals surface area contributed by atoms with E-state index in [0.717, 1.165) is 6.42 Å². The lowest BCUT2D eigenvalue weighted by atomic mass is 9.72. The van der Waals surface area contributed by atoms with Crippen molar-refractivity contribution < 1.29 is 53.7 Å². The van der Waals surface area contributed by atoms with Crippen LogP contribution in [0, 0.1) is 41.4 Å². The molecule has 0 aliphatic carbocycles. The standard InChI is InChI=1S/C42H70O11/c1-11-29(38(46)47)31-15-14-23(4)36(50-31)27(8)34(44)26(7)35(45)30(12-2)37-24(5)22-25(6)41(51-37)19-16-32(43)42(53-41)21-20-39(10,52-42)33-17-18-40(48,13-3)28(9)49-33/h16,19,23-34,36-37,43-44,48H,11-15,17-18,20-22H2,1-10H3,(H,46,47)/t23-,24-,25+,26-,27-,28-,29+,30-,31+,32+,33?,34+,36+,37-,39-,40+,41?,42-/m0/s1. The minimum Gasteiger partial charge on any atom is -0.481 e. The number of carbonyl (C=O) groups is 2. The zero-order valence-electron chi connectivity index (χ0n) is 34.0. The van der Waals surface area contributed by atoms with Gasteiger partial charge in [0.05, 0.1) is 53.7 Å². The van der Waals surface area contributed by atoms with Crippen LogP contribution in [0.3, 0.4) is 0 Å². The molecule has 0 aromatic heterocycles. The second-order valence-corrected chi connectivity index (χ2v) is 17.9. The van der Waals surface area contributed by atoms with E-state index in [1.54, 1.807) is 19.1 Å². The van der Waals surface area contributed by atoms with Crippen LogP contribution in [0.15, 0.2) is 12.2 Å². The fourth-order valence-electron chi connectivity index (χ4n) is 10.5. The van der Waals surface area contributed by atoms with E-state index in [0.29, 0.717) is 57.8 Å². The van der Waals surface area contributed by atoms with Gasteiger partial charge in [-0.2, -0.15) is 0 Å². The lowest BCUT2D eigenvalue weighted by molar-refractivity contribution is -0.409. The van der Waals surface area contributed by atoms with Gasteiger partial charge in [-0.25, -0.2) is 0 Å². The van der Waals surface area contributed by atoms with Gasteiger partial charge in [0, 0.05) is 30.1 Å². The molecule has 4 saturated heterocycles. The highest BCUT2D eigenvalue weighted by Crippen LogP contribution is 2.54. The molecule has 304 valence electrons. The highest BCUT2D eigenvalue weighted by molar-refractivity contribution is 5.84. The monoisotopic (exact) mass is 750 g/mol. The molecule has 0 aromatic rings. The normalized spacial score (nSPS) is 46.2. The van der Waals surface area contributed by atoms with Gasteiger partial charge in [0.15, 0.2) is 5.79 Å². The van der Waals surface area contributed by atoms with Gasteiger partial charge in [0.25, 0.3) is 0 Å². The summed E-state index contributed by atoms with van der Waals surface area (Å²) < 4.78 is 33.5. The summed E-state index contributed by atoms with van der Waals surface area (Å²) in [5, 5.41) is 44.0. The average molecular weight is 751 g/mol. The predicted octanol–water partition coefficient (Wildman–Crippen LogP) is 6.19. The summed E-state index contributed by atoms with van der Waals surface area (Å²) in [5.74, 6) is -5.78. The van der Waals surface area contributed by atoms with Crippen molar-refractivity contribution in [3.63, 3.8) is 0 Å². The average Bonchev–Trinajstić information content (AvgIpc) is 3.47. The Kier molecular flexibility index (Phi) is 13.0. The molecule has 2 spiro atoms. The number of carboxylic acid groups (broad SMARTS) is 1. The number of ether oxygens (including phenoxy) is 5. The Morgan fingerprint density at radius 1 is 0.887 bits per heavy atom. The number of carboxylic acids is 1. The number of aliphatic hydroxyl groups excluding tert-OH is 2. The van der Waals surface area contributed by atoms with E-state index in [4.69, 9.17) is 23.7 Å². The van der Waals surface area contributed by atoms with Crippen LogP contribution < -0.4 is 0 Å². The molecular formula is C42H70O11. The topological polar surface area (TPSA) is 161 Å². The fraction of sp³-hybridized carbons (Fsp3) is 0.905. The van der Waals surface area contributed by atoms with Gasteiger partial charge in [-0.3, -0.25) is 9.59 Å². The van der Waals surface area contributed by atoms with Crippen LogP contribution >= 0.6 is 0 Å². The number of hydrogen-bond acceptors (Lipinski definition) is 10. The van der Waals surface area contributed by atoms with E-state index >= 15 is 0 Å². The van der Waals surface area contributed by atoms with Crippen LogP contribution in [-0.4, -0.2) is 97.7 Å². The molecule has 5 rings (SSSR count). The number of Topliss-reactive ketones (excluding diaryl/α,β-unsaturated/α-hetero) is 1. The quantitative estimate of drug-likeness (QED) is 0.169. The summed E-state index contributed by atoms with van der Waals surface area (Å²) in [6.07, 6.45) is 5.51. The molecule has 2 unspecified atom stereocenters. The molecule has 4 N–H and O–H groups in total. The minimum atomic E-state index is -1.37. The van der Waals surface area contributed by atoms with Gasteiger partial charge in [0.1, 0.15) is 11.9 Å². The molecule has 5 aliphatic heterocycles. The molecule has 5 aliphatic rings. The van der Waals surface area contributed by atoms with Crippen molar-refractivity contribution in [1.82, 2.24) is 0 Å². The Hall–Kier alpha value is -1.44. The van der Waals surface area contributed by atoms with E-state index in [-0.39, 0.29) is 41.8 Å². The third kappa shape index (κ3) is 7.94. The molecule has 18 atom stereocenters. The van der Waals surface area contributed by atoms with Crippen molar-refractivity contribution in [3.05, 3.63) is 12.2 Å². The Balaban J connectivity index is 1.31. The largest absolute Gasteiger partial charge is 0.481 e. The van der Waals surface area contributed by atoms with E-state index < -0.39 is 76.8 Å². The molecule has 11 heteroatoms. The number of aliphatic hydroxyl groups is 3. The summed E-state index contributed by atoms with van der Waals surface area (Å²) in [6, 6.07) is 0. The summed E-state index contributed by atoms with van der Waals surface area (Å²) in [4.78, 5) is 26.4. The zero-order valence-corrected chi connectivity index (χ0v) is 34.0. The van der Waals surface area contributed by atoms with Crippen LogP contribution in [0.5, 0.6) is 0 Å². The molecule has 11 nitrogen and oxygen atoms in total. The second-order valence-electron chi connectivity index (χ2n) is 17.9. The van der Waals surface area contributed by atoms with E-state index in [9.17, 15) is 30.0 Å². The predicted molar refractivity (Wildman–Crippen MR) is 199 cm³/mol. The SMILES string of the molecule is CC[C@@H](C(=O)[C@@H](C)[C@@H](O)[C@H](C)[C@@H]1O[C@@H]([C@@H](CC)C(=O)O)CC[C@@H]1C)[C@H]1OC2(C=C[C@@H](O)[C@]3(CC[C@@](C)(C4CC[C@](O)(CC)[C@H](C)O4)O3)O2)[C@H](C)C[C@@H]1C. The number of carbonyl (C=O) groups excluding carboxylic acids is 1. The van der Waals surface area contributed by atoms with E-state index in [1.165, 1.54) is 0 Å².